The lowest BCUT2D eigenvalue weighted by Crippen LogP contribution is -2.39. The minimum atomic E-state index is 0.596. The van der Waals surface area contributed by atoms with E-state index in [0.717, 1.165) is 13.1 Å². The first-order valence-corrected chi connectivity index (χ1v) is 9.01. The Morgan fingerprint density at radius 2 is 1.95 bits per heavy atom. The highest BCUT2D eigenvalue weighted by Crippen LogP contribution is 2.39. The molecule has 1 aromatic heterocycles. The van der Waals surface area contributed by atoms with Crippen LogP contribution in [0.15, 0.2) is 5.38 Å². The van der Waals surface area contributed by atoms with Crippen molar-refractivity contribution < 1.29 is 0 Å². The van der Waals surface area contributed by atoms with E-state index in [1.54, 1.807) is 11.3 Å². The van der Waals surface area contributed by atoms with Gasteiger partial charge in [0.2, 0.25) is 0 Å². The summed E-state index contributed by atoms with van der Waals surface area (Å²) < 4.78 is 0. The predicted octanol–water partition coefficient (Wildman–Crippen LogP) is 4.05. The van der Waals surface area contributed by atoms with Crippen LogP contribution in [0.4, 0.5) is 5.13 Å². The third kappa shape index (κ3) is 3.73. The number of nitrogens with zero attached hydrogens (tertiary/aromatic N) is 2. The van der Waals surface area contributed by atoms with E-state index in [9.17, 15) is 0 Å². The maximum atomic E-state index is 4.79. The quantitative estimate of drug-likeness (QED) is 0.769. The number of hydrogen-bond donors (Lipinski definition) is 1. The Hall–Kier alpha value is -0.610. The number of nitrogens with one attached hydrogen (secondary N) is 1. The van der Waals surface area contributed by atoms with E-state index in [2.05, 4.69) is 36.4 Å². The van der Waals surface area contributed by atoms with Gasteiger partial charge in [-0.2, -0.15) is 0 Å². The van der Waals surface area contributed by atoms with Crippen LogP contribution in [0.3, 0.4) is 0 Å². The standard InChI is InChI=1S/C16H29N3S/c1-4-9-17-12-14-13-20-15(18-14)19-10-7-16(5-2,6-3)8-11-19/h13,17H,4-12H2,1-3H3. The molecule has 1 fully saturated rings. The van der Waals surface area contributed by atoms with Crippen molar-refractivity contribution in [3.05, 3.63) is 11.1 Å². The number of hydrogen-bond acceptors (Lipinski definition) is 4. The van der Waals surface area contributed by atoms with Gasteiger partial charge in [-0.05, 0) is 31.2 Å². The largest absolute Gasteiger partial charge is 0.348 e. The van der Waals surface area contributed by atoms with Crippen LogP contribution >= 0.6 is 11.3 Å². The molecule has 0 amide bonds. The zero-order chi connectivity index (χ0) is 14.4. The second-order valence-corrected chi connectivity index (χ2v) is 6.83. The summed E-state index contributed by atoms with van der Waals surface area (Å²) in [5, 5.41) is 6.85. The van der Waals surface area contributed by atoms with Crippen LogP contribution in [0.25, 0.3) is 0 Å². The average Bonchev–Trinajstić information content (AvgIpc) is 2.96. The van der Waals surface area contributed by atoms with Gasteiger partial charge in [-0.1, -0.05) is 33.6 Å². The number of anilines is 1. The van der Waals surface area contributed by atoms with Gasteiger partial charge < -0.3 is 10.2 Å². The molecule has 4 heteroatoms. The monoisotopic (exact) mass is 295 g/mol. The van der Waals surface area contributed by atoms with Crippen molar-refractivity contribution in [2.75, 3.05) is 24.5 Å². The van der Waals surface area contributed by atoms with Gasteiger partial charge >= 0.3 is 0 Å². The van der Waals surface area contributed by atoms with Crippen LogP contribution in [0.1, 0.15) is 58.6 Å². The highest BCUT2D eigenvalue weighted by atomic mass is 32.1. The summed E-state index contributed by atoms with van der Waals surface area (Å²) in [7, 11) is 0. The van der Waals surface area contributed by atoms with Crippen LogP contribution in [-0.2, 0) is 6.54 Å². The van der Waals surface area contributed by atoms with E-state index in [0.29, 0.717) is 5.41 Å². The van der Waals surface area contributed by atoms with Gasteiger partial charge in [0.15, 0.2) is 5.13 Å². The van der Waals surface area contributed by atoms with Gasteiger partial charge in [0.25, 0.3) is 0 Å². The Morgan fingerprint density at radius 1 is 1.25 bits per heavy atom. The topological polar surface area (TPSA) is 28.2 Å². The van der Waals surface area contributed by atoms with Gasteiger partial charge in [0.1, 0.15) is 0 Å². The molecule has 0 aromatic carbocycles. The molecule has 0 aliphatic carbocycles. The van der Waals surface area contributed by atoms with Gasteiger partial charge in [0.05, 0.1) is 5.69 Å². The lowest BCUT2D eigenvalue weighted by Gasteiger charge is -2.40. The van der Waals surface area contributed by atoms with Gasteiger partial charge in [-0.15, -0.1) is 11.3 Å². The Kier molecular flexibility index (Phi) is 5.85. The maximum absolute atomic E-state index is 4.79. The fraction of sp³-hybridized carbons (Fsp3) is 0.812. The maximum Gasteiger partial charge on any atom is 0.185 e. The van der Waals surface area contributed by atoms with Crippen LogP contribution < -0.4 is 10.2 Å². The fourth-order valence-corrected chi connectivity index (χ4v) is 3.92. The summed E-state index contributed by atoms with van der Waals surface area (Å²) in [6.07, 6.45) is 6.47. The second kappa shape index (κ2) is 7.41. The molecule has 2 rings (SSSR count). The predicted molar refractivity (Wildman–Crippen MR) is 88.6 cm³/mol. The molecule has 1 aliphatic rings. The van der Waals surface area contributed by atoms with Crippen molar-refractivity contribution >= 4 is 16.5 Å². The highest BCUT2D eigenvalue weighted by Gasteiger charge is 2.31. The van der Waals surface area contributed by atoms with E-state index >= 15 is 0 Å². The SMILES string of the molecule is CCCNCc1csc(N2CCC(CC)(CC)CC2)n1. The Morgan fingerprint density at radius 3 is 2.55 bits per heavy atom. The molecule has 1 N–H and O–H groups in total. The first kappa shape index (κ1) is 15.8. The molecule has 20 heavy (non-hydrogen) atoms. The Labute approximate surface area is 127 Å². The Balaban J connectivity index is 1.87. The molecule has 0 spiro atoms. The molecule has 0 saturated carbocycles. The third-order valence-corrected chi connectivity index (χ3v) is 5.82. The van der Waals surface area contributed by atoms with Crippen molar-refractivity contribution in [2.45, 2.75) is 59.4 Å². The summed E-state index contributed by atoms with van der Waals surface area (Å²) >= 11 is 1.80. The first-order valence-electron chi connectivity index (χ1n) is 8.13. The van der Waals surface area contributed by atoms with Gasteiger partial charge in [-0.25, -0.2) is 4.98 Å². The molecule has 1 saturated heterocycles. The fourth-order valence-electron chi connectivity index (χ4n) is 3.05. The van der Waals surface area contributed by atoms with Crippen molar-refractivity contribution in [3.63, 3.8) is 0 Å². The summed E-state index contributed by atoms with van der Waals surface area (Å²) in [5.74, 6) is 0. The van der Waals surface area contributed by atoms with Crippen molar-refractivity contribution in [1.82, 2.24) is 10.3 Å². The normalized spacial score (nSPS) is 18.4. The zero-order valence-corrected chi connectivity index (χ0v) is 14.1. The average molecular weight is 295 g/mol. The third-order valence-electron chi connectivity index (χ3n) is 4.87. The van der Waals surface area contributed by atoms with E-state index in [4.69, 9.17) is 4.98 Å². The molecule has 0 atom stereocenters. The van der Waals surface area contributed by atoms with Crippen LogP contribution in [0.2, 0.25) is 0 Å². The molecule has 1 aliphatic heterocycles. The van der Waals surface area contributed by atoms with E-state index in [-0.39, 0.29) is 0 Å². The number of thiazole rings is 1. The molecule has 1 aromatic rings. The molecule has 0 unspecified atom stereocenters. The van der Waals surface area contributed by atoms with E-state index < -0.39 is 0 Å². The van der Waals surface area contributed by atoms with Crippen LogP contribution in [0, 0.1) is 5.41 Å². The summed E-state index contributed by atoms with van der Waals surface area (Å²) in [5.41, 5.74) is 1.79. The van der Waals surface area contributed by atoms with Gasteiger partial charge in [0, 0.05) is 25.0 Å². The minimum absolute atomic E-state index is 0.596. The smallest absolute Gasteiger partial charge is 0.185 e. The number of aromatic nitrogens is 1. The van der Waals surface area contributed by atoms with Crippen molar-refractivity contribution in [3.8, 4) is 0 Å². The van der Waals surface area contributed by atoms with Gasteiger partial charge in [-0.3, -0.25) is 0 Å². The lowest BCUT2D eigenvalue weighted by atomic mass is 9.74. The minimum Gasteiger partial charge on any atom is -0.348 e. The molecular formula is C16H29N3S. The summed E-state index contributed by atoms with van der Waals surface area (Å²) in [6.45, 7) is 11.2. The molecule has 2 heterocycles. The van der Waals surface area contributed by atoms with E-state index in [1.807, 2.05) is 0 Å². The number of piperidine rings is 1. The molecule has 3 nitrogen and oxygen atoms in total. The number of rotatable bonds is 7. The zero-order valence-electron chi connectivity index (χ0n) is 13.2. The summed E-state index contributed by atoms with van der Waals surface area (Å²) in [6, 6.07) is 0. The summed E-state index contributed by atoms with van der Waals surface area (Å²) in [4.78, 5) is 7.27. The molecular weight excluding hydrogens is 266 g/mol. The Bertz CT molecular complexity index is 388. The van der Waals surface area contributed by atoms with Crippen LogP contribution in [0.5, 0.6) is 0 Å². The molecule has 0 radical (unpaired) electrons. The highest BCUT2D eigenvalue weighted by molar-refractivity contribution is 7.13. The van der Waals surface area contributed by atoms with E-state index in [1.165, 1.54) is 56.0 Å². The molecule has 0 bridgehead atoms. The van der Waals surface area contributed by atoms with Crippen molar-refractivity contribution in [1.29, 1.82) is 0 Å². The van der Waals surface area contributed by atoms with Crippen molar-refractivity contribution in [2.24, 2.45) is 5.41 Å². The molecule has 114 valence electrons. The first-order chi connectivity index (χ1) is 9.73. The lowest BCUT2D eigenvalue weighted by molar-refractivity contribution is 0.199. The second-order valence-electron chi connectivity index (χ2n) is 5.99. The van der Waals surface area contributed by atoms with Crippen LogP contribution in [-0.4, -0.2) is 24.6 Å².